The molecular formula is C28H39N3O6. The molecule has 0 aliphatic carbocycles. The largest absolute Gasteiger partial charge is 0.508 e. The number of phenolic OH excluding ortho intramolecular Hbond substituents is 1. The van der Waals surface area contributed by atoms with Crippen LogP contribution in [0.3, 0.4) is 0 Å². The number of phenols is 1. The van der Waals surface area contributed by atoms with Crippen molar-refractivity contribution in [3.8, 4) is 5.75 Å². The number of amides is 3. The summed E-state index contributed by atoms with van der Waals surface area (Å²) in [6.07, 6.45) is -0.381. The minimum Gasteiger partial charge on any atom is -0.508 e. The Labute approximate surface area is 218 Å². The first-order valence-electron chi connectivity index (χ1n) is 12.3. The summed E-state index contributed by atoms with van der Waals surface area (Å²) in [5.41, 5.74) is -0.311. The number of rotatable bonds is 10. The lowest BCUT2D eigenvalue weighted by Gasteiger charge is -2.44. The summed E-state index contributed by atoms with van der Waals surface area (Å²) in [6.45, 7) is 10.1. The normalized spacial score (nSPS) is 13.3. The van der Waals surface area contributed by atoms with Gasteiger partial charge in [0.05, 0.1) is 6.61 Å². The lowest BCUT2D eigenvalue weighted by Crippen LogP contribution is -2.60. The van der Waals surface area contributed by atoms with Crippen molar-refractivity contribution in [2.75, 3.05) is 6.61 Å². The standard InChI is InChI=1S/C28H39N3O6/c1-7-28(5,6)31(25(35)22(18-32)30-26(36)37-27(2,3)4)23(20-13-15-21(33)16-14-20)24(34)29-17-19-11-9-8-10-12-19/h8-16,22-23,32-33H,7,17-18H2,1-6H3,(H,29,34)(H,30,36). The Kier molecular flexibility index (Phi) is 10.1. The second-order valence-electron chi connectivity index (χ2n) is 10.5. The quantitative estimate of drug-likeness (QED) is 0.384. The molecule has 2 unspecified atom stereocenters. The predicted octanol–water partition coefficient (Wildman–Crippen LogP) is 3.65. The predicted molar refractivity (Wildman–Crippen MR) is 141 cm³/mol. The SMILES string of the molecule is CCC(C)(C)N(C(=O)C(CO)NC(=O)OC(C)(C)C)C(C(=O)NCc1ccccc1)c1ccc(O)cc1. The molecule has 202 valence electrons. The molecule has 9 nitrogen and oxygen atoms in total. The van der Waals surface area contributed by atoms with Gasteiger partial charge in [-0.2, -0.15) is 0 Å². The lowest BCUT2D eigenvalue weighted by molar-refractivity contribution is -0.150. The molecule has 0 saturated heterocycles. The highest BCUT2D eigenvalue weighted by Crippen LogP contribution is 2.33. The van der Waals surface area contributed by atoms with Crippen LogP contribution in [-0.2, 0) is 20.9 Å². The first-order valence-corrected chi connectivity index (χ1v) is 12.3. The third-order valence-corrected chi connectivity index (χ3v) is 5.95. The summed E-state index contributed by atoms with van der Waals surface area (Å²) in [4.78, 5) is 41.4. The van der Waals surface area contributed by atoms with Gasteiger partial charge in [0.25, 0.3) is 0 Å². The van der Waals surface area contributed by atoms with Gasteiger partial charge in [-0.3, -0.25) is 9.59 Å². The third-order valence-electron chi connectivity index (χ3n) is 5.95. The van der Waals surface area contributed by atoms with E-state index in [0.717, 1.165) is 5.56 Å². The molecule has 9 heteroatoms. The second kappa shape index (κ2) is 12.6. The van der Waals surface area contributed by atoms with E-state index in [4.69, 9.17) is 4.74 Å². The van der Waals surface area contributed by atoms with Gasteiger partial charge in [-0.15, -0.1) is 0 Å². The van der Waals surface area contributed by atoms with Crippen LogP contribution in [0.2, 0.25) is 0 Å². The molecule has 3 amide bonds. The van der Waals surface area contributed by atoms with Crippen molar-refractivity contribution in [3.63, 3.8) is 0 Å². The first-order chi connectivity index (χ1) is 17.3. The van der Waals surface area contributed by atoms with Gasteiger partial charge in [0.1, 0.15) is 23.4 Å². The maximum absolute atomic E-state index is 13.9. The molecule has 0 spiro atoms. The molecule has 2 aromatic carbocycles. The fourth-order valence-corrected chi connectivity index (χ4v) is 3.70. The van der Waals surface area contributed by atoms with Gasteiger partial charge < -0.3 is 30.5 Å². The van der Waals surface area contributed by atoms with Gasteiger partial charge in [-0.1, -0.05) is 49.4 Å². The molecular weight excluding hydrogens is 474 g/mol. The van der Waals surface area contributed by atoms with E-state index in [0.29, 0.717) is 12.0 Å². The van der Waals surface area contributed by atoms with Gasteiger partial charge >= 0.3 is 6.09 Å². The number of hydrogen-bond donors (Lipinski definition) is 4. The zero-order chi connectivity index (χ0) is 27.8. The molecule has 0 aliphatic rings. The van der Waals surface area contributed by atoms with Crippen LogP contribution in [0.15, 0.2) is 54.6 Å². The van der Waals surface area contributed by atoms with Crippen LogP contribution in [0.1, 0.15) is 65.1 Å². The Hall–Kier alpha value is -3.59. The van der Waals surface area contributed by atoms with Crippen molar-refractivity contribution in [2.24, 2.45) is 0 Å². The molecule has 2 atom stereocenters. The maximum Gasteiger partial charge on any atom is 0.408 e. The number of benzene rings is 2. The molecule has 0 saturated carbocycles. The average Bonchev–Trinajstić information content (AvgIpc) is 2.84. The number of ether oxygens (including phenoxy) is 1. The number of hydrogen-bond acceptors (Lipinski definition) is 6. The number of nitrogens with zero attached hydrogens (tertiary/aromatic N) is 1. The molecule has 0 heterocycles. The van der Waals surface area contributed by atoms with Crippen LogP contribution in [0.25, 0.3) is 0 Å². The summed E-state index contributed by atoms with van der Waals surface area (Å²) >= 11 is 0. The van der Waals surface area contributed by atoms with E-state index in [9.17, 15) is 24.6 Å². The molecule has 0 aromatic heterocycles. The summed E-state index contributed by atoms with van der Waals surface area (Å²) < 4.78 is 5.27. The van der Waals surface area contributed by atoms with Crippen LogP contribution in [0.4, 0.5) is 4.79 Å². The van der Waals surface area contributed by atoms with E-state index in [1.54, 1.807) is 32.9 Å². The van der Waals surface area contributed by atoms with E-state index in [1.165, 1.54) is 17.0 Å². The van der Waals surface area contributed by atoms with Crippen LogP contribution in [0.5, 0.6) is 5.75 Å². The molecule has 2 rings (SSSR count). The number of carbonyl (C=O) groups excluding carboxylic acids is 3. The van der Waals surface area contributed by atoms with Gasteiger partial charge in [-0.05, 0) is 64.3 Å². The average molecular weight is 514 g/mol. The van der Waals surface area contributed by atoms with Crippen molar-refractivity contribution >= 4 is 17.9 Å². The van der Waals surface area contributed by atoms with E-state index in [2.05, 4.69) is 10.6 Å². The lowest BCUT2D eigenvalue weighted by atomic mass is 9.92. The maximum atomic E-state index is 13.9. The summed E-state index contributed by atoms with van der Waals surface area (Å²) in [5.74, 6) is -1.08. The van der Waals surface area contributed by atoms with Crippen LogP contribution in [0, 0.1) is 0 Å². The minimum absolute atomic E-state index is 0.0136. The van der Waals surface area contributed by atoms with E-state index in [1.807, 2.05) is 51.1 Å². The smallest absolute Gasteiger partial charge is 0.408 e. The highest BCUT2D eigenvalue weighted by molar-refractivity contribution is 5.92. The van der Waals surface area contributed by atoms with Crippen LogP contribution >= 0.6 is 0 Å². The summed E-state index contributed by atoms with van der Waals surface area (Å²) in [7, 11) is 0. The van der Waals surface area contributed by atoms with Crippen LogP contribution < -0.4 is 10.6 Å². The molecule has 0 fully saturated rings. The van der Waals surface area contributed by atoms with Gasteiger partial charge in [0.2, 0.25) is 11.8 Å². The Morgan fingerprint density at radius 3 is 2.08 bits per heavy atom. The van der Waals surface area contributed by atoms with E-state index in [-0.39, 0.29) is 12.3 Å². The number of aliphatic hydroxyl groups is 1. The van der Waals surface area contributed by atoms with Crippen molar-refractivity contribution in [1.29, 1.82) is 0 Å². The molecule has 0 aliphatic heterocycles. The summed E-state index contributed by atoms with van der Waals surface area (Å²) in [6, 6.07) is 12.9. The Bertz CT molecular complexity index is 1050. The molecule has 0 bridgehead atoms. The van der Waals surface area contributed by atoms with Gasteiger partial charge in [0.15, 0.2) is 0 Å². The molecule has 0 radical (unpaired) electrons. The van der Waals surface area contributed by atoms with E-state index < -0.39 is 47.7 Å². The molecule has 37 heavy (non-hydrogen) atoms. The number of aromatic hydroxyl groups is 1. The Morgan fingerprint density at radius 1 is 0.973 bits per heavy atom. The number of alkyl carbamates (subject to hydrolysis) is 1. The monoisotopic (exact) mass is 513 g/mol. The second-order valence-corrected chi connectivity index (χ2v) is 10.5. The Balaban J connectivity index is 2.49. The van der Waals surface area contributed by atoms with Crippen LogP contribution in [-0.4, -0.2) is 56.8 Å². The number of nitrogens with one attached hydrogen (secondary N) is 2. The Morgan fingerprint density at radius 2 is 1.57 bits per heavy atom. The van der Waals surface area contributed by atoms with Crippen molar-refractivity contribution in [3.05, 3.63) is 65.7 Å². The fourth-order valence-electron chi connectivity index (χ4n) is 3.70. The summed E-state index contributed by atoms with van der Waals surface area (Å²) in [5, 5.41) is 25.2. The van der Waals surface area contributed by atoms with E-state index >= 15 is 0 Å². The van der Waals surface area contributed by atoms with Crippen molar-refractivity contribution in [2.45, 2.75) is 77.7 Å². The minimum atomic E-state index is -1.35. The highest BCUT2D eigenvalue weighted by Gasteiger charge is 2.43. The zero-order valence-electron chi connectivity index (χ0n) is 22.4. The number of carbonyl (C=O) groups is 3. The van der Waals surface area contributed by atoms with Gasteiger partial charge in [-0.25, -0.2) is 4.79 Å². The van der Waals surface area contributed by atoms with Gasteiger partial charge in [0, 0.05) is 12.1 Å². The topological polar surface area (TPSA) is 128 Å². The third kappa shape index (κ3) is 8.49. The molecule has 4 N–H and O–H groups in total. The fraction of sp³-hybridized carbons (Fsp3) is 0.464. The zero-order valence-corrected chi connectivity index (χ0v) is 22.4. The first kappa shape index (κ1) is 29.6. The highest BCUT2D eigenvalue weighted by atomic mass is 16.6. The molecule has 2 aromatic rings. The number of aliphatic hydroxyl groups excluding tert-OH is 1. The van der Waals surface area contributed by atoms with Crippen molar-refractivity contribution < 1.29 is 29.3 Å². The van der Waals surface area contributed by atoms with Crippen molar-refractivity contribution in [1.82, 2.24) is 15.5 Å².